The number of nitrogens with one attached hydrogen (secondary N) is 1. The molecule has 198 valence electrons. The largest absolute Gasteiger partial charge is 0.492 e. The average molecular weight is 528 g/mol. The number of amides is 2. The van der Waals surface area contributed by atoms with Gasteiger partial charge in [0.1, 0.15) is 24.7 Å². The van der Waals surface area contributed by atoms with Crippen LogP contribution in [0, 0.1) is 0 Å². The molecular formula is C26H33N5O5S. The van der Waals surface area contributed by atoms with Crippen LogP contribution in [0.1, 0.15) is 11.1 Å². The number of fused-ring (bicyclic) bond motifs is 3. The van der Waals surface area contributed by atoms with Gasteiger partial charge < -0.3 is 24.7 Å². The minimum Gasteiger partial charge on any atom is -0.492 e. The SMILES string of the molecule is NC(=O)NSN=C1c2cc(OCCN3CCOCC3)ccc2-c2ccc(OCCN3CCOCC3)cc21. The third-order valence-corrected chi connectivity index (χ3v) is 7.19. The maximum Gasteiger partial charge on any atom is 0.323 e. The maximum atomic E-state index is 11.2. The number of nitrogens with zero attached hydrogens (tertiary/aromatic N) is 3. The van der Waals surface area contributed by atoms with E-state index in [0.717, 1.165) is 117 Å². The second-order valence-electron chi connectivity index (χ2n) is 9.02. The number of urea groups is 1. The minimum atomic E-state index is -0.645. The van der Waals surface area contributed by atoms with Gasteiger partial charge in [0, 0.05) is 50.4 Å². The van der Waals surface area contributed by atoms with Crippen LogP contribution in [0.2, 0.25) is 0 Å². The molecule has 2 aromatic carbocycles. The van der Waals surface area contributed by atoms with Gasteiger partial charge in [-0.2, -0.15) is 4.40 Å². The van der Waals surface area contributed by atoms with Crippen LogP contribution in [-0.4, -0.2) is 100 Å². The van der Waals surface area contributed by atoms with E-state index in [2.05, 4.69) is 31.1 Å². The monoisotopic (exact) mass is 527 g/mol. The molecular weight excluding hydrogens is 494 g/mol. The summed E-state index contributed by atoms with van der Waals surface area (Å²) in [7, 11) is 0. The van der Waals surface area contributed by atoms with E-state index in [-0.39, 0.29) is 0 Å². The smallest absolute Gasteiger partial charge is 0.323 e. The van der Waals surface area contributed by atoms with Crippen molar-refractivity contribution in [1.82, 2.24) is 14.5 Å². The fourth-order valence-electron chi connectivity index (χ4n) is 4.68. The fourth-order valence-corrected chi connectivity index (χ4v) is 5.10. The normalized spacial score (nSPS) is 17.7. The maximum absolute atomic E-state index is 11.2. The first kappa shape index (κ1) is 25.8. The van der Waals surface area contributed by atoms with Crippen LogP contribution < -0.4 is 19.9 Å². The zero-order valence-electron chi connectivity index (χ0n) is 20.8. The number of morpholine rings is 2. The first-order chi connectivity index (χ1) is 18.2. The molecule has 0 unspecified atom stereocenters. The number of rotatable bonds is 10. The standard InChI is InChI=1S/C26H33N5O5S/c27-26(32)29-37-28-25-23-17-19(35-15-9-30-5-11-33-12-6-30)1-3-21(23)22-4-2-20(18-24(22)25)36-16-10-31-7-13-34-14-8-31/h1-4,17-18H,5-16H2,(H3,27,29,32). The highest BCUT2D eigenvalue weighted by molar-refractivity contribution is 7.96. The van der Waals surface area contributed by atoms with Gasteiger partial charge in [0.2, 0.25) is 0 Å². The predicted molar refractivity (Wildman–Crippen MR) is 143 cm³/mol. The van der Waals surface area contributed by atoms with E-state index in [1.165, 1.54) is 0 Å². The van der Waals surface area contributed by atoms with Crippen molar-refractivity contribution >= 4 is 23.9 Å². The highest BCUT2D eigenvalue weighted by Gasteiger charge is 2.26. The summed E-state index contributed by atoms with van der Waals surface area (Å²) in [4.78, 5) is 15.9. The molecule has 10 nitrogen and oxygen atoms in total. The first-order valence-electron chi connectivity index (χ1n) is 12.6. The highest BCUT2D eigenvalue weighted by atomic mass is 32.2. The van der Waals surface area contributed by atoms with Gasteiger partial charge in [0.05, 0.1) is 44.3 Å². The Bertz CT molecular complexity index is 1040. The molecule has 37 heavy (non-hydrogen) atoms. The summed E-state index contributed by atoms with van der Waals surface area (Å²) in [6.07, 6.45) is 0. The Morgan fingerprint density at radius 1 is 0.838 bits per heavy atom. The van der Waals surface area contributed by atoms with Gasteiger partial charge in [-0.1, -0.05) is 0 Å². The van der Waals surface area contributed by atoms with Crippen molar-refractivity contribution in [1.29, 1.82) is 0 Å². The Morgan fingerprint density at radius 2 is 1.32 bits per heavy atom. The molecule has 0 radical (unpaired) electrons. The molecule has 0 bridgehead atoms. The molecule has 3 aliphatic rings. The molecule has 3 N–H and O–H groups in total. The highest BCUT2D eigenvalue weighted by Crippen LogP contribution is 2.41. The number of carbonyl (C=O) groups excluding carboxylic acids is 1. The summed E-state index contributed by atoms with van der Waals surface area (Å²) >= 11 is 0.916. The van der Waals surface area contributed by atoms with E-state index in [1.54, 1.807) is 0 Å². The lowest BCUT2D eigenvalue weighted by Crippen LogP contribution is -2.38. The lowest BCUT2D eigenvalue weighted by atomic mass is 10.1. The quantitative estimate of drug-likeness (QED) is 0.386. The Morgan fingerprint density at radius 3 is 1.78 bits per heavy atom. The molecule has 2 aliphatic heterocycles. The van der Waals surface area contributed by atoms with Crippen molar-refractivity contribution in [2.45, 2.75) is 0 Å². The zero-order valence-corrected chi connectivity index (χ0v) is 21.6. The van der Waals surface area contributed by atoms with Gasteiger partial charge in [0.15, 0.2) is 0 Å². The fraction of sp³-hybridized carbons (Fsp3) is 0.462. The second-order valence-corrected chi connectivity index (χ2v) is 9.59. The molecule has 5 rings (SSSR count). The van der Waals surface area contributed by atoms with E-state index in [0.29, 0.717) is 13.2 Å². The van der Waals surface area contributed by atoms with Crippen molar-refractivity contribution in [2.75, 3.05) is 78.9 Å². The molecule has 0 saturated carbocycles. The Labute approximate surface area is 221 Å². The van der Waals surface area contributed by atoms with Gasteiger partial charge >= 0.3 is 6.03 Å². The van der Waals surface area contributed by atoms with Crippen molar-refractivity contribution in [3.05, 3.63) is 47.5 Å². The number of primary amides is 1. The van der Waals surface area contributed by atoms with E-state index < -0.39 is 6.03 Å². The van der Waals surface area contributed by atoms with Crippen LogP contribution in [0.4, 0.5) is 4.79 Å². The summed E-state index contributed by atoms with van der Waals surface area (Å²) in [5.41, 5.74) is 10.0. The van der Waals surface area contributed by atoms with Gasteiger partial charge in [-0.05, 0) is 47.5 Å². The summed E-state index contributed by atoms with van der Waals surface area (Å²) in [5.74, 6) is 1.56. The Kier molecular flexibility index (Phi) is 8.80. The Balaban J connectivity index is 1.29. The molecule has 2 saturated heterocycles. The van der Waals surface area contributed by atoms with Gasteiger partial charge in [-0.25, -0.2) is 4.79 Å². The van der Waals surface area contributed by atoms with E-state index in [9.17, 15) is 4.79 Å². The molecule has 0 aromatic heterocycles. The van der Waals surface area contributed by atoms with Crippen LogP contribution in [0.5, 0.6) is 11.5 Å². The van der Waals surface area contributed by atoms with Crippen molar-refractivity contribution < 1.29 is 23.7 Å². The zero-order chi connectivity index (χ0) is 25.5. The third-order valence-electron chi connectivity index (χ3n) is 6.63. The summed E-state index contributed by atoms with van der Waals surface area (Å²) in [5, 5.41) is 0. The van der Waals surface area contributed by atoms with Gasteiger partial charge in [-0.15, -0.1) is 0 Å². The summed E-state index contributed by atoms with van der Waals surface area (Å²) in [6, 6.07) is 11.5. The molecule has 2 amide bonds. The number of carbonyl (C=O) groups is 1. The molecule has 0 atom stereocenters. The third kappa shape index (κ3) is 6.74. The van der Waals surface area contributed by atoms with Gasteiger partial charge in [-0.3, -0.25) is 14.5 Å². The van der Waals surface area contributed by atoms with Crippen molar-refractivity contribution in [3.8, 4) is 22.6 Å². The number of hydrogen-bond donors (Lipinski definition) is 2. The second kappa shape index (κ2) is 12.6. The van der Waals surface area contributed by atoms with Gasteiger partial charge in [0.25, 0.3) is 0 Å². The molecule has 2 heterocycles. The number of ether oxygens (including phenoxy) is 4. The molecule has 11 heteroatoms. The molecule has 1 aliphatic carbocycles. The Hall–Kier alpha value is -2.83. The molecule has 2 fully saturated rings. The predicted octanol–water partition coefficient (Wildman–Crippen LogP) is 2.16. The number of nitrogens with two attached hydrogens (primary N) is 1. The van der Waals surface area contributed by atoms with Crippen LogP contribution >= 0.6 is 12.1 Å². The van der Waals surface area contributed by atoms with Crippen LogP contribution in [0.15, 0.2) is 40.8 Å². The summed E-state index contributed by atoms with van der Waals surface area (Å²) in [6.45, 7) is 9.70. The van der Waals surface area contributed by atoms with Crippen LogP contribution in [-0.2, 0) is 9.47 Å². The van der Waals surface area contributed by atoms with Crippen LogP contribution in [0.25, 0.3) is 11.1 Å². The molecule has 0 spiro atoms. The average Bonchev–Trinajstić information content (AvgIpc) is 3.22. The first-order valence-corrected chi connectivity index (χ1v) is 13.4. The summed E-state index contributed by atoms with van der Waals surface area (Å²) < 4.78 is 30.1. The number of hydrogen-bond acceptors (Lipinski definition) is 9. The van der Waals surface area contributed by atoms with Crippen molar-refractivity contribution in [2.24, 2.45) is 10.1 Å². The topological polar surface area (TPSA) is 111 Å². The molecule has 2 aromatic rings. The number of benzene rings is 2. The van der Waals surface area contributed by atoms with Crippen molar-refractivity contribution in [3.63, 3.8) is 0 Å². The lowest BCUT2D eigenvalue weighted by Gasteiger charge is -2.26. The lowest BCUT2D eigenvalue weighted by molar-refractivity contribution is 0.0321. The van der Waals surface area contributed by atoms with E-state index in [4.69, 9.17) is 24.7 Å². The van der Waals surface area contributed by atoms with Crippen LogP contribution in [0.3, 0.4) is 0 Å². The minimum absolute atomic E-state index is 0.595. The van der Waals surface area contributed by atoms with E-state index >= 15 is 0 Å². The van der Waals surface area contributed by atoms with E-state index in [1.807, 2.05) is 24.3 Å².